The van der Waals surface area contributed by atoms with Gasteiger partial charge in [-0.05, 0) is 38.8 Å². The van der Waals surface area contributed by atoms with Crippen LogP contribution < -0.4 is 5.73 Å². The van der Waals surface area contributed by atoms with Gasteiger partial charge >= 0.3 is 0 Å². The fourth-order valence-corrected chi connectivity index (χ4v) is 3.17. The lowest BCUT2D eigenvalue weighted by molar-refractivity contribution is -0.128. The molecule has 0 bridgehead atoms. The van der Waals surface area contributed by atoms with Crippen molar-refractivity contribution >= 4 is 5.78 Å². The minimum Gasteiger partial charge on any atom is -0.329 e. The SMILES string of the molecule is NCCN1CCC(C(=O)C2CCCC2)CC1. The van der Waals surface area contributed by atoms with Crippen molar-refractivity contribution in [3.63, 3.8) is 0 Å². The summed E-state index contributed by atoms with van der Waals surface area (Å²) in [6.07, 6.45) is 6.97. The van der Waals surface area contributed by atoms with E-state index in [0.717, 1.165) is 51.9 Å². The van der Waals surface area contributed by atoms with Gasteiger partial charge in [-0.15, -0.1) is 0 Å². The zero-order valence-electron chi connectivity index (χ0n) is 10.2. The molecule has 3 heteroatoms. The lowest BCUT2D eigenvalue weighted by atomic mass is 9.85. The summed E-state index contributed by atoms with van der Waals surface area (Å²) in [4.78, 5) is 14.6. The van der Waals surface area contributed by atoms with Crippen molar-refractivity contribution in [3.05, 3.63) is 0 Å². The van der Waals surface area contributed by atoms with Gasteiger partial charge in [0.05, 0.1) is 0 Å². The number of piperidine rings is 1. The minimum atomic E-state index is 0.358. The van der Waals surface area contributed by atoms with Crippen molar-refractivity contribution in [1.29, 1.82) is 0 Å². The molecule has 1 saturated carbocycles. The summed E-state index contributed by atoms with van der Waals surface area (Å²) in [6.45, 7) is 3.87. The number of ketones is 1. The molecular formula is C13H24N2O. The van der Waals surface area contributed by atoms with E-state index in [4.69, 9.17) is 5.73 Å². The Morgan fingerprint density at radius 3 is 2.19 bits per heavy atom. The van der Waals surface area contributed by atoms with Crippen LogP contribution in [0.4, 0.5) is 0 Å². The van der Waals surface area contributed by atoms with Crippen molar-refractivity contribution < 1.29 is 4.79 Å². The summed E-state index contributed by atoms with van der Waals surface area (Å²) < 4.78 is 0. The summed E-state index contributed by atoms with van der Waals surface area (Å²) >= 11 is 0. The smallest absolute Gasteiger partial charge is 0.139 e. The Bertz CT molecular complexity index is 228. The van der Waals surface area contributed by atoms with Gasteiger partial charge in [0.1, 0.15) is 5.78 Å². The fourth-order valence-electron chi connectivity index (χ4n) is 3.17. The average molecular weight is 224 g/mol. The molecule has 0 amide bonds. The lowest BCUT2D eigenvalue weighted by Gasteiger charge is -2.31. The van der Waals surface area contributed by atoms with Gasteiger partial charge in [-0.1, -0.05) is 12.8 Å². The van der Waals surface area contributed by atoms with Gasteiger partial charge in [0, 0.05) is 24.9 Å². The van der Waals surface area contributed by atoms with E-state index in [-0.39, 0.29) is 0 Å². The van der Waals surface area contributed by atoms with E-state index < -0.39 is 0 Å². The maximum atomic E-state index is 12.2. The topological polar surface area (TPSA) is 46.3 Å². The second-order valence-electron chi connectivity index (χ2n) is 5.29. The number of rotatable bonds is 4. The van der Waals surface area contributed by atoms with Crippen LogP contribution in [0.3, 0.4) is 0 Å². The highest BCUT2D eigenvalue weighted by molar-refractivity contribution is 5.83. The molecule has 3 nitrogen and oxygen atoms in total. The van der Waals surface area contributed by atoms with Gasteiger partial charge < -0.3 is 10.6 Å². The Morgan fingerprint density at radius 1 is 1.06 bits per heavy atom. The molecule has 0 spiro atoms. The van der Waals surface area contributed by atoms with Crippen LogP contribution in [0.2, 0.25) is 0 Å². The first-order valence-electron chi connectivity index (χ1n) is 6.77. The number of Topliss-reactive ketones (excluding diaryl/α,β-unsaturated/α-hetero) is 1. The first-order valence-corrected chi connectivity index (χ1v) is 6.77. The van der Waals surface area contributed by atoms with E-state index in [1.807, 2.05) is 0 Å². The van der Waals surface area contributed by atoms with E-state index in [1.54, 1.807) is 0 Å². The maximum absolute atomic E-state index is 12.2. The molecule has 16 heavy (non-hydrogen) atoms. The molecule has 1 aliphatic heterocycles. The number of hydrogen-bond donors (Lipinski definition) is 1. The van der Waals surface area contributed by atoms with Crippen LogP contribution in [0.1, 0.15) is 38.5 Å². The zero-order chi connectivity index (χ0) is 11.4. The van der Waals surface area contributed by atoms with E-state index in [2.05, 4.69) is 4.90 Å². The molecule has 92 valence electrons. The Labute approximate surface area is 98.4 Å². The number of carbonyl (C=O) groups is 1. The monoisotopic (exact) mass is 224 g/mol. The molecule has 0 radical (unpaired) electrons. The first-order chi connectivity index (χ1) is 7.81. The van der Waals surface area contributed by atoms with Gasteiger partial charge in [0.2, 0.25) is 0 Å². The highest BCUT2D eigenvalue weighted by Gasteiger charge is 2.31. The summed E-state index contributed by atoms with van der Waals surface area (Å²) in [7, 11) is 0. The summed E-state index contributed by atoms with van der Waals surface area (Å²) in [5.41, 5.74) is 5.54. The lowest BCUT2D eigenvalue weighted by Crippen LogP contribution is -2.40. The van der Waals surface area contributed by atoms with E-state index in [0.29, 0.717) is 17.6 Å². The largest absolute Gasteiger partial charge is 0.329 e. The van der Waals surface area contributed by atoms with Crippen molar-refractivity contribution in [3.8, 4) is 0 Å². The quantitative estimate of drug-likeness (QED) is 0.785. The van der Waals surface area contributed by atoms with Crippen LogP contribution in [-0.2, 0) is 4.79 Å². The third-order valence-corrected chi connectivity index (χ3v) is 4.19. The van der Waals surface area contributed by atoms with Gasteiger partial charge in [-0.2, -0.15) is 0 Å². The van der Waals surface area contributed by atoms with E-state index in [1.165, 1.54) is 12.8 Å². The third-order valence-electron chi connectivity index (χ3n) is 4.19. The first kappa shape index (κ1) is 12.1. The van der Waals surface area contributed by atoms with Crippen molar-refractivity contribution in [2.45, 2.75) is 38.5 Å². The molecule has 0 aromatic heterocycles. The van der Waals surface area contributed by atoms with Crippen LogP contribution in [-0.4, -0.2) is 36.9 Å². The molecule has 0 aromatic carbocycles. The summed E-state index contributed by atoms with van der Waals surface area (Å²) in [6, 6.07) is 0. The van der Waals surface area contributed by atoms with Crippen LogP contribution in [0.5, 0.6) is 0 Å². The molecule has 2 rings (SSSR count). The van der Waals surface area contributed by atoms with Crippen LogP contribution in [0, 0.1) is 11.8 Å². The van der Waals surface area contributed by atoms with Crippen molar-refractivity contribution in [2.75, 3.05) is 26.2 Å². The Kier molecular flexibility index (Phi) is 4.36. The maximum Gasteiger partial charge on any atom is 0.139 e. The second kappa shape index (κ2) is 5.78. The molecule has 0 aromatic rings. The van der Waals surface area contributed by atoms with Crippen LogP contribution >= 0.6 is 0 Å². The molecular weight excluding hydrogens is 200 g/mol. The van der Waals surface area contributed by atoms with Gasteiger partial charge in [-0.25, -0.2) is 0 Å². The van der Waals surface area contributed by atoms with Gasteiger partial charge in [0.25, 0.3) is 0 Å². The molecule has 2 N–H and O–H groups in total. The molecule has 1 saturated heterocycles. The Balaban J connectivity index is 1.77. The normalized spacial score (nSPS) is 25.1. The van der Waals surface area contributed by atoms with Crippen LogP contribution in [0.25, 0.3) is 0 Å². The average Bonchev–Trinajstić information content (AvgIpc) is 2.83. The highest BCUT2D eigenvalue weighted by atomic mass is 16.1. The Hall–Kier alpha value is -0.410. The molecule has 1 heterocycles. The summed E-state index contributed by atoms with van der Waals surface area (Å²) in [5, 5.41) is 0. The Morgan fingerprint density at radius 2 is 1.62 bits per heavy atom. The van der Waals surface area contributed by atoms with Crippen molar-refractivity contribution in [1.82, 2.24) is 4.90 Å². The molecule has 1 aliphatic carbocycles. The molecule has 0 unspecified atom stereocenters. The summed E-state index contributed by atoms with van der Waals surface area (Å²) in [5.74, 6) is 1.34. The standard InChI is InChI=1S/C13H24N2O/c14-7-10-15-8-5-12(6-9-15)13(16)11-3-1-2-4-11/h11-12H,1-10,14H2. The molecule has 2 fully saturated rings. The number of nitrogens with zero attached hydrogens (tertiary/aromatic N) is 1. The number of carbonyl (C=O) groups excluding carboxylic acids is 1. The third kappa shape index (κ3) is 2.83. The van der Waals surface area contributed by atoms with Gasteiger partial charge in [0.15, 0.2) is 0 Å². The molecule has 2 aliphatic rings. The zero-order valence-corrected chi connectivity index (χ0v) is 10.2. The number of hydrogen-bond acceptors (Lipinski definition) is 3. The number of nitrogens with two attached hydrogens (primary N) is 1. The van der Waals surface area contributed by atoms with E-state index in [9.17, 15) is 4.79 Å². The second-order valence-corrected chi connectivity index (χ2v) is 5.29. The highest BCUT2D eigenvalue weighted by Crippen LogP contribution is 2.31. The van der Waals surface area contributed by atoms with Crippen LogP contribution in [0.15, 0.2) is 0 Å². The number of likely N-dealkylation sites (tertiary alicyclic amines) is 1. The minimum absolute atomic E-state index is 0.358. The van der Waals surface area contributed by atoms with Gasteiger partial charge in [-0.3, -0.25) is 4.79 Å². The predicted molar refractivity (Wildman–Crippen MR) is 65.2 cm³/mol. The van der Waals surface area contributed by atoms with E-state index >= 15 is 0 Å². The van der Waals surface area contributed by atoms with Crippen molar-refractivity contribution in [2.24, 2.45) is 17.6 Å². The molecule has 0 atom stereocenters. The predicted octanol–water partition coefficient (Wildman–Crippen LogP) is 1.42. The fraction of sp³-hybridized carbons (Fsp3) is 0.923.